The van der Waals surface area contributed by atoms with Gasteiger partial charge in [-0.2, -0.15) is 8.42 Å². The lowest BCUT2D eigenvalue weighted by Crippen LogP contribution is -2.40. The molecular weight excluding hydrogens is 491 g/mol. The molecule has 0 aliphatic heterocycles. The van der Waals surface area contributed by atoms with Crippen molar-refractivity contribution in [2.75, 3.05) is 17.9 Å². The third-order valence-electron chi connectivity index (χ3n) is 4.63. The van der Waals surface area contributed by atoms with Gasteiger partial charge in [0.2, 0.25) is 0 Å². The van der Waals surface area contributed by atoms with Crippen LogP contribution in [0.4, 0.5) is 10.1 Å². The van der Waals surface area contributed by atoms with Gasteiger partial charge < -0.3 is 14.8 Å². The highest BCUT2D eigenvalue weighted by molar-refractivity contribution is 9.47. The van der Waals surface area contributed by atoms with Crippen molar-refractivity contribution in [1.82, 2.24) is 5.32 Å². The number of furan rings is 1. The maximum Gasteiger partial charge on any atom is 0.295 e. The van der Waals surface area contributed by atoms with Crippen molar-refractivity contribution in [3.05, 3.63) is 53.3 Å². The van der Waals surface area contributed by atoms with Crippen LogP contribution in [0.25, 0.3) is 22.3 Å². The Balaban J connectivity index is 2.28. The first kappa shape index (κ1) is 23.2. The van der Waals surface area contributed by atoms with Gasteiger partial charge in [0.05, 0.1) is 38.2 Å². The molecule has 1 aromatic heterocycles. The van der Waals surface area contributed by atoms with Gasteiger partial charge in [-0.1, -0.05) is 0 Å². The van der Waals surface area contributed by atoms with E-state index >= 15 is 0 Å². The monoisotopic (exact) mass is 512 g/mol. The lowest BCUT2D eigenvalue weighted by Gasteiger charge is -2.29. The number of amides is 1. The lowest BCUT2D eigenvalue weighted by atomic mass is 10.0. The normalized spacial score (nSPS) is 12.2. The van der Waals surface area contributed by atoms with Crippen molar-refractivity contribution in [1.29, 1.82) is 0 Å². The average molecular weight is 513 g/mol. The molecule has 166 valence electrons. The Morgan fingerprint density at radius 3 is 2.39 bits per heavy atom. The van der Waals surface area contributed by atoms with Crippen molar-refractivity contribution in [2.24, 2.45) is 0 Å². The number of benzene rings is 2. The van der Waals surface area contributed by atoms with Gasteiger partial charge in [-0.15, -0.1) is 0 Å². The second-order valence-corrected chi connectivity index (χ2v) is 11.5. The second kappa shape index (κ2) is 8.25. The number of nitrogens with zero attached hydrogens (tertiary/aromatic N) is 1. The Labute approximate surface area is 187 Å². The smallest absolute Gasteiger partial charge is 0.295 e. The van der Waals surface area contributed by atoms with Crippen LogP contribution in [-0.2, 0) is 8.46 Å². The summed E-state index contributed by atoms with van der Waals surface area (Å²) in [4.78, 5) is 12.6. The highest BCUT2D eigenvalue weighted by Gasteiger charge is 2.30. The van der Waals surface area contributed by atoms with E-state index in [1.165, 1.54) is 51.2 Å². The molecule has 1 heterocycles. The summed E-state index contributed by atoms with van der Waals surface area (Å²) in [6.45, 7) is 4.48. The van der Waals surface area contributed by atoms with E-state index in [0.29, 0.717) is 16.5 Å². The van der Waals surface area contributed by atoms with Crippen LogP contribution >= 0.6 is 14.8 Å². The molecule has 0 aliphatic rings. The number of hydrogen-bond donors (Lipinski definition) is 2. The summed E-state index contributed by atoms with van der Waals surface area (Å²) in [5.74, 6) is -0.586. The Hall–Kier alpha value is -2.43. The van der Waals surface area contributed by atoms with Gasteiger partial charge in [0.1, 0.15) is 17.2 Å². The fourth-order valence-corrected chi connectivity index (χ4v) is 4.97. The van der Waals surface area contributed by atoms with Crippen molar-refractivity contribution in [2.45, 2.75) is 26.4 Å². The molecule has 0 spiro atoms. The van der Waals surface area contributed by atoms with Gasteiger partial charge in [-0.05, 0) is 56.7 Å². The summed E-state index contributed by atoms with van der Waals surface area (Å²) in [5, 5.41) is 13.3. The molecule has 0 atom stereocenters. The largest absolute Gasteiger partial charge is 0.455 e. The van der Waals surface area contributed by atoms with Crippen LogP contribution in [0.2, 0.25) is 0 Å². The fraction of sp³-hybridized carbons (Fsp3) is 0.286. The van der Waals surface area contributed by atoms with E-state index in [9.17, 15) is 22.7 Å². The van der Waals surface area contributed by atoms with Crippen LogP contribution in [0.5, 0.6) is 0 Å². The van der Waals surface area contributed by atoms with Gasteiger partial charge in [-0.25, -0.2) is 4.39 Å². The van der Waals surface area contributed by atoms with E-state index in [1.54, 1.807) is 13.0 Å². The van der Waals surface area contributed by atoms with Gasteiger partial charge in [0.25, 0.3) is 14.4 Å². The topological polar surface area (TPSA) is 99.8 Å². The molecule has 3 rings (SSSR count). The lowest BCUT2D eigenvalue weighted by molar-refractivity contribution is 0.0909. The molecule has 0 bridgehead atoms. The number of rotatable bonds is 6. The van der Waals surface area contributed by atoms with Crippen LogP contribution in [-0.4, -0.2) is 38.6 Å². The molecule has 0 unspecified atom stereocenters. The molecule has 10 heteroatoms. The Kier molecular flexibility index (Phi) is 6.18. The summed E-state index contributed by atoms with van der Waals surface area (Å²) in [6.07, 6.45) is 0. The summed E-state index contributed by atoms with van der Waals surface area (Å²) < 4.78 is 45.1. The van der Waals surface area contributed by atoms with E-state index in [0.717, 1.165) is 4.31 Å². The van der Waals surface area contributed by atoms with Crippen LogP contribution in [0.3, 0.4) is 0 Å². The number of nitrogens with one attached hydrogen (secondary N) is 1. The van der Waals surface area contributed by atoms with Gasteiger partial charge in [0, 0.05) is 24.1 Å². The molecule has 1 amide bonds. The molecule has 0 saturated heterocycles. The minimum atomic E-state index is -3.90. The SMILES string of the molecule is CNC(=O)c1c(-c2ccc(F)cc2)oc2cc(N(CC(C)(C)O)S(=O)(=O)Br)c(C)cc12. The van der Waals surface area contributed by atoms with E-state index < -0.39 is 25.8 Å². The van der Waals surface area contributed by atoms with Crippen LogP contribution in [0.1, 0.15) is 29.8 Å². The molecule has 31 heavy (non-hydrogen) atoms. The maximum absolute atomic E-state index is 13.4. The molecule has 7 nitrogen and oxygen atoms in total. The molecule has 3 aromatic rings. The highest BCUT2D eigenvalue weighted by Crippen LogP contribution is 2.38. The summed E-state index contributed by atoms with van der Waals surface area (Å²) in [7, 11) is -2.41. The molecule has 0 radical (unpaired) electrons. The summed E-state index contributed by atoms with van der Waals surface area (Å²) in [6, 6.07) is 8.67. The van der Waals surface area contributed by atoms with Gasteiger partial charge in [-0.3, -0.25) is 9.10 Å². The van der Waals surface area contributed by atoms with Crippen molar-refractivity contribution < 1.29 is 27.1 Å². The fourth-order valence-electron chi connectivity index (χ4n) is 3.30. The number of carbonyl (C=O) groups is 1. The molecule has 2 N–H and O–H groups in total. The van der Waals surface area contributed by atoms with Crippen LogP contribution in [0, 0.1) is 12.7 Å². The number of carbonyl (C=O) groups excluding carboxylic acids is 1. The zero-order valence-electron chi connectivity index (χ0n) is 17.4. The zero-order valence-corrected chi connectivity index (χ0v) is 19.8. The standard InChI is InChI=1S/C21H22BrFN2O5S/c1-12-9-15-17(10-16(12)25(31(22,28)29)11-21(2,3)27)30-19(18(15)20(26)24-4)13-5-7-14(23)8-6-13/h5-10,27H,11H2,1-4H3,(H,24,26). The van der Waals surface area contributed by atoms with Crippen molar-refractivity contribution in [3.63, 3.8) is 0 Å². The van der Waals surface area contributed by atoms with Crippen LogP contribution < -0.4 is 9.62 Å². The Morgan fingerprint density at radius 1 is 1.26 bits per heavy atom. The molecule has 2 aromatic carbocycles. The number of aliphatic hydroxyl groups is 1. The second-order valence-electron chi connectivity index (χ2n) is 7.79. The predicted octanol–water partition coefficient (Wildman–Crippen LogP) is 4.12. The number of halogens is 2. The zero-order chi connectivity index (χ0) is 23.1. The van der Waals surface area contributed by atoms with E-state index in [2.05, 4.69) is 20.1 Å². The van der Waals surface area contributed by atoms with E-state index in [1.807, 2.05) is 0 Å². The number of aryl methyl sites for hydroxylation is 1. The number of hydrogen-bond acceptors (Lipinski definition) is 5. The molecule has 0 fully saturated rings. The quantitative estimate of drug-likeness (QED) is 0.483. The third kappa shape index (κ3) is 4.91. The summed E-state index contributed by atoms with van der Waals surface area (Å²) in [5.41, 5.74) is 0.560. The Bertz CT molecular complexity index is 1250. The predicted molar refractivity (Wildman–Crippen MR) is 121 cm³/mol. The molecule has 0 saturated carbocycles. The number of anilines is 1. The Morgan fingerprint density at radius 2 is 1.87 bits per heavy atom. The van der Waals surface area contributed by atoms with Gasteiger partial charge in [0.15, 0.2) is 0 Å². The minimum absolute atomic E-state index is 0.208. The molecular formula is C21H22BrFN2O5S. The summed E-state index contributed by atoms with van der Waals surface area (Å²) >= 11 is 2.69. The molecule has 0 aliphatic carbocycles. The average Bonchev–Trinajstić information content (AvgIpc) is 3.02. The first-order valence-electron chi connectivity index (χ1n) is 9.31. The van der Waals surface area contributed by atoms with Crippen molar-refractivity contribution in [3.8, 4) is 11.3 Å². The van der Waals surface area contributed by atoms with Gasteiger partial charge >= 0.3 is 0 Å². The van der Waals surface area contributed by atoms with Crippen molar-refractivity contribution >= 4 is 45.8 Å². The first-order chi connectivity index (χ1) is 14.3. The minimum Gasteiger partial charge on any atom is -0.455 e. The number of fused-ring (bicyclic) bond motifs is 1. The third-order valence-corrected chi connectivity index (χ3v) is 6.53. The highest BCUT2D eigenvalue weighted by atomic mass is 79.9. The van der Waals surface area contributed by atoms with E-state index in [4.69, 9.17) is 4.42 Å². The first-order valence-corrected chi connectivity index (χ1v) is 12.6. The van der Waals surface area contributed by atoms with Crippen LogP contribution in [0.15, 0.2) is 40.8 Å². The van der Waals surface area contributed by atoms with E-state index in [-0.39, 0.29) is 29.1 Å². The maximum atomic E-state index is 13.4.